The van der Waals surface area contributed by atoms with Crippen LogP contribution < -0.4 is 4.90 Å². The van der Waals surface area contributed by atoms with Crippen LogP contribution in [0.4, 0.5) is 5.69 Å². The van der Waals surface area contributed by atoms with E-state index in [1.165, 1.54) is 12.1 Å². The summed E-state index contributed by atoms with van der Waals surface area (Å²) in [5.74, 6) is -1.48. The zero-order chi connectivity index (χ0) is 16.4. The summed E-state index contributed by atoms with van der Waals surface area (Å²) in [6.07, 6.45) is 0.905. The maximum absolute atomic E-state index is 12.9. The average Bonchev–Trinajstić information content (AvgIpc) is 3.00. The summed E-state index contributed by atoms with van der Waals surface area (Å²) in [5, 5.41) is 19.4. The first kappa shape index (κ1) is 15.2. The quantitative estimate of drug-likeness (QED) is 0.848. The molecule has 1 saturated heterocycles. The molecule has 5 nitrogen and oxygen atoms in total. The van der Waals surface area contributed by atoms with Crippen molar-refractivity contribution in [3.05, 3.63) is 65.2 Å². The van der Waals surface area contributed by atoms with Crippen LogP contribution >= 0.6 is 0 Å². The Kier molecular flexibility index (Phi) is 4.12. The topological polar surface area (TPSA) is 77.8 Å². The fourth-order valence-electron chi connectivity index (χ4n) is 2.96. The van der Waals surface area contributed by atoms with Crippen molar-refractivity contribution in [2.75, 3.05) is 11.4 Å². The minimum Gasteiger partial charge on any atom is -0.478 e. The SMILES string of the molecule is O=C(O)c1ccccc1C(=O)c1ccccc1N1CCCC1O. The van der Waals surface area contributed by atoms with Crippen molar-refractivity contribution in [3.63, 3.8) is 0 Å². The molecule has 5 heteroatoms. The normalized spacial score (nSPS) is 17.3. The van der Waals surface area contributed by atoms with Crippen molar-refractivity contribution in [1.82, 2.24) is 0 Å². The Morgan fingerprint density at radius 2 is 1.57 bits per heavy atom. The Hall–Kier alpha value is -2.66. The number of benzene rings is 2. The highest BCUT2D eigenvalue weighted by molar-refractivity contribution is 6.16. The van der Waals surface area contributed by atoms with Crippen molar-refractivity contribution in [2.45, 2.75) is 19.1 Å². The summed E-state index contributed by atoms with van der Waals surface area (Å²) >= 11 is 0. The molecular weight excluding hydrogens is 294 g/mol. The Labute approximate surface area is 133 Å². The number of aliphatic hydroxyl groups is 1. The summed E-state index contributed by atoms with van der Waals surface area (Å²) in [6, 6.07) is 13.2. The van der Waals surface area contributed by atoms with Gasteiger partial charge in [0.2, 0.25) is 0 Å². The number of carbonyl (C=O) groups is 2. The largest absolute Gasteiger partial charge is 0.478 e. The van der Waals surface area contributed by atoms with Gasteiger partial charge in [-0.15, -0.1) is 0 Å². The molecule has 3 rings (SSSR count). The van der Waals surface area contributed by atoms with Crippen LogP contribution in [0.3, 0.4) is 0 Å². The number of anilines is 1. The van der Waals surface area contributed by atoms with Gasteiger partial charge in [-0.2, -0.15) is 0 Å². The molecule has 2 aromatic rings. The molecule has 2 aromatic carbocycles. The molecule has 1 heterocycles. The van der Waals surface area contributed by atoms with E-state index in [-0.39, 0.29) is 16.9 Å². The monoisotopic (exact) mass is 311 g/mol. The van der Waals surface area contributed by atoms with Crippen molar-refractivity contribution >= 4 is 17.4 Å². The summed E-state index contributed by atoms with van der Waals surface area (Å²) in [4.78, 5) is 26.0. The molecule has 1 aliphatic heterocycles. The van der Waals surface area contributed by atoms with Crippen LogP contribution in [0, 0.1) is 0 Å². The Bertz CT molecular complexity index is 756. The fourth-order valence-corrected chi connectivity index (χ4v) is 2.96. The molecule has 1 aliphatic rings. The van der Waals surface area contributed by atoms with E-state index in [2.05, 4.69) is 0 Å². The van der Waals surface area contributed by atoms with Crippen LogP contribution in [-0.2, 0) is 0 Å². The van der Waals surface area contributed by atoms with Gasteiger partial charge in [0.1, 0.15) is 6.23 Å². The highest BCUT2D eigenvalue weighted by Gasteiger charge is 2.27. The molecule has 0 aromatic heterocycles. The van der Waals surface area contributed by atoms with Gasteiger partial charge in [-0.3, -0.25) is 4.79 Å². The molecule has 118 valence electrons. The molecule has 23 heavy (non-hydrogen) atoms. The first-order valence-corrected chi connectivity index (χ1v) is 7.50. The molecule has 1 fully saturated rings. The molecular formula is C18H17NO4. The maximum atomic E-state index is 12.9. The molecule has 0 amide bonds. The number of para-hydroxylation sites is 1. The Balaban J connectivity index is 2.06. The number of carboxylic acids is 1. The van der Waals surface area contributed by atoms with Crippen molar-refractivity contribution < 1.29 is 19.8 Å². The van der Waals surface area contributed by atoms with Crippen LogP contribution in [0.2, 0.25) is 0 Å². The molecule has 0 spiro atoms. The predicted molar refractivity (Wildman–Crippen MR) is 85.9 cm³/mol. The second-order valence-corrected chi connectivity index (χ2v) is 5.51. The number of carboxylic acid groups (broad SMARTS) is 1. The lowest BCUT2D eigenvalue weighted by atomic mass is 9.97. The van der Waals surface area contributed by atoms with Gasteiger partial charge in [-0.1, -0.05) is 30.3 Å². The molecule has 0 saturated carbocycles. The fraction of sp³-hybridized carbons (Fsp3) is 0.222. The van der Waals surface area contributed by atoms with E-state index in [1.54, 1.807) is 41.3 Å². The van der Waals surface area contributed by atoms with E-state index < -0.39 is 12.2 Å². The third-order valence-corrected chi connectivity index (χ3v) is 4.08. The molecule has 1 atom stereocenters. The molecule has 0 radical (unpaired) electrons. The number of aromatic carboxylic acids is 1. The van der Waals surface area contributed by atoms with Crippen molar-refractivity contribution in [2.24, 2.45) is 0 Å². The summed E-state index contributed by atoms with van der Waals surface area (Å²) in [6.45, 7) is 0.673. The lowest BCUT2D eigenvalue weighted by molar-refractivity contribution is 0.0692. The van der Waals surface area contributed by atoms with Gasteiger partial charge < -0.3 is 15.1 Å². The first-order chi connectivity index (χ1) is 11.1. The number of ketones is 1. The number of rotatable bonds is 4. The van der Waals surface area contributed by atoms with Gasteiger partial charge in [-0.25, -0.2) is 4.79 Å². The van der Waals surface area contributed by atoms with Gasteiger partial charge in [0.05, 0.1) is 5.56 Å². The summed E-state index contributed by atoms with van der Waals surface area (Å²) in [5.41, 5.74) is 1.18. The Morgan fingerprint density at radius 3 is 2.17 bits per heavy atom. The lowest BCUT2D eigenvalue weighted by Gasteiger charge is -2.25. The van der Waals surface area contributed by atoms with Crippen LogP contribution in [0.15, 0.2) is 48.5 Å². The zero-order valence-corrected chi connectivity index (χ0v) is 12.5. The second kappa shape index (κ2) is 6.22. The third-order valence-electron chi connectivity index (χ3n) is 4.08. The average molecular weight is 311 g/mol. The van der Waals surface area contributed by atoms with Gasteiger partial charge in [-0.05, 0) is 31.0 Å². The molecule has 1 unspecified atom stereocenters. The van der Waals surface area contributed by atoms with E-state index in [4.69, 9.17) is 0 Å². The Morgan fingerprint density at radius 1 is 0.957 bits per heavy atom. The van der Waals surface area contributed by atoms with Crippen LogP contribution in [-0.4, -0.2) is 34.7 Å². The van der Waals surface area contributed by atoms with E-state index in [9.17, 15) is 19.8 Å². The number of carbonyl (C=O) groups excluding carboxylic acids is 1. The van der Waals surface area contributed by atoms with Crippen molar-refractivity contribution in [3.8, 4) is 0 Å². The number of nitrogens with zero attached hydrogens (tertiary/aromatic N) is 1. The van der Waals surface area contributed by atoms with Gasteiger partial charge in [0, 0.05) is 23.4 Å². The van der Waals surface area contributed by atoms with E-state index >= 15 is 0 Å². The standard InChI is InChI=1S/C18H17NO4/c20-16-10-5-11-19(16)15-9-4-3-8-14(15)17(21)12-6-1-2-7-13(12)18(22)23/h1-4,6-9,16,20H,5,10-11H2,(H,22,23). The van der Waals surface area contributed by atoms with Gasteiger partial charge in [0.25, 0.3) is 0 Å². The van der Waals surface area contributed by atoms with Gasteiger partial charge >= 0.3 is 5.97 Å². The highest BCUT2D eigenvalue weighted by atomic mass is 16.4. The van der Waals surface area contributed by atoms with Crippen LogP contribution in [0.25, 0.3) is 0 Å². The number of aliphatic hydroxyl groups excluding tert-OH is 1. The minimum absolute atomic E-state index is 0.0192. The molecule has 0 aliphatic carbocycles. The second-order valence-electron chi connectivity index (χ2n) is 5.51. The summed E-state index contributed by atoms with van der Waals surface area (Å²) in [7, 11) is 0. The minimum atomic E-state index is -1.13. The molecule has 2 N–H and O–H groups in total. The molecule has 0 bridgehead atoms. The van der Waals surface area contributed by atoms with Gasteiger partial charge in [0.15, 0.2) is 5.78 Å². The van der Waals surface area contributed by atoms with E-state index in [0.717, 1.165) is 6.42 Å². The highest BCUT2D eigenvalue weighted by Crippen LogP contribution is 2.29. The lowest BCUT2D eigenvalue weighted by Crippen LogP contribution is -2.30. The smallest absolute Gasteiger partial charge is 0.336 e. The number of hydrogen-bond donors (Lipinski definition) is 2. The maximum Gasteiger partial charge on any atom is 0.336 e. The van der Waals surface area contributed by atoms with Crippen LogP contribution in [0.1, 0.15) is 39.1 Å². The van der Waals surface area contributed by atoms with Crippen LogP contribution in [0.5, 0.6) is 0 Å². The number of hydrogen-bond acceptors (Lipinski definition) is 4. The van der Waals surface area contributed by atoms with Crippen molar-refractivity contribution in [1.29, 1.82) is 0 Å². The summed E-state index contributed by atoms with van der Waals surface area (Å²) < 4.78 is 0. The van der Waals surface area contributed by atoms with E-state index in [0.29, 0.717) is 24.2 Å². The zero-order valence-electron chi connectivity index (χ0n) is 12.5. The van der Waals surface area contributed by atoms with E-state index in [1.807, 2.05) is 0 Å². The third kappa shape index (κ3) is 2.83. The first-order valence-electron chi connectivity index (χ1n) is 7.50. The predicted octanol–water partition coefficient (Wildman–Crippen LogP) is 2.53.